The van der Waals surface area contributed by atoms with Crippen LogP contribution < -0.4 is 11.1 Å². The molecule has 0 atom stereocenters. The van der Waals surface area contributed by atoms with Gasteiger partial charge in [-0.3, -0.25) is 9.59 Å². The summed E-state index contributed by atoms with van der Waals surface area (Å²) in [7, 11) is 0. The number of primary amides is 1. The van der Waals surface area contributed by atoms with E-state index in [-0.39, 0.29) is 11.5 Å². The van der Waals surface area contributed by atoms with Crippen LogP contribution in [0, 0.1) is 6.92 Å². The van der Waals surface area contributed by atoms with Gasteiger partial charge in [0.05, 0.1) is 11.3 Å². The first kappa shape index (κ1) is 14.5. The van der Waals surface area contributed by atoms with Crippen LogP contribution in [0.4, 0.5) is 5.69 Å². The summed E-state index contributed by atoms with van der Waals surface area (Å²) in [4.78, 5) is 23.1. The Bertz CT molecular complexity index is 688. The fourth-order valence-electron chi connectivity index (χ4n) is 1.83. The number of benzene rings is 2. The van der Waals surface area contributed by atoms with E-state index in [9.17, 15) is 9.59 Å². The maximum Gasteiger partial charge on any atom is 0.250 e. The van der Waals surface area contributed by atoms with Crippen molar-refractivity contribution in [3.05, 3.63) is 71.3 Å². The zero-order chi connectivity index (χ0) is 15.2. The van der Waals surface area contributed by atoms with E-state index in [1.54, 1.807) is 30.3 Å². The highest BCUT2D eigenvalue weighted by Gasteiger charge is 2.08. The maximum absolute atomic E-state index is 11.9. The lowest BCUT2D eigenvalue weighted by Crippen LogP contribution is -2.16. The Balaban J connectivity index is 2.08. The van der Waals surface area contributed by atoms with Crippen molar-refractivity contribution >= 4 is 23.6 Å². The van der Waals surface area contributed by atoms with Crippen molar-refractivity contribution in [3.8, 4) is 0 Å². The Kier molecular flexibility index (Phi) is 4.51. The predicted octanol–water partition coefficient (Wildman–Crippen LogP) is 2.75. The summed E-state index contributed by atoms with van der Waals surface area (Å²) in [5.74, 6) is -0.891. The van der Waals surface area contributed by atoms with E-state index in [0.29, 0.717) is 5.69 Å². The van der Waals surface area contributed by atoms with Crippen molar-refractivity contribution in [2.24, 2.45) is 5.73 Å². The molecule has 0 aromatic heterocycles. The number of carbonyl (C=O) groups excluding carboxylic acids is 2. The smallest absolute Gasteiger partial charge is 0.250 e. The number of hydrogen-bond donors (Lipinski definition) is 2. The summed E-state index contributed by atoms with van der Waals surface area (Å²) in [6, 6.07) is 14.4. The molecular weight excluding hydrogens is 264 g/mol. The van der Waals surface area contributed by atoms with E-state index in [1.807, 2.05) is 31.2 Å². The fourth-order valence-corrected chi connectivity index (χ4v) is 1.83. The van der Waals surface area contributed by atoms with Gasteiger partial charge in [-0.05, 0) is 30.7 Å². The van der Waals surface area contributed by atoms with Crippen LogP contribution in [-0.2, 0) is 4.79 Å². The van der Waals surface area contributed by atoms with Crippen molar-refractivity contribution in [2.75, 3.05) is 5.32 Å². The molecule has 3 N–H and O–H groups in total. The molecule has 106 valence electrons. The summed E-state index contributed by atoms with van der Waals surface area (Å²) in [5.41, 5.74) is 8.04. The van der Waals surface area contributed by atoms with E-state index in [0.717, 1.165) is 11.1 Å². The molecule has 2 aromatic carbocycles. The SMILES string of the molecule is Cc1ccc(/C=C/C(=O)Nc2ccccc2C(N)=O)cc1. The molecule has 4 nitrogen and oxygen atoms in total. The van der Waals surface area contributed by atoms with E-state index in [1.165, 1.54) is 6.08 Å². The number of nitrogens with two attached hydrogens (primary N) is 1. The van der Waals surface area contributed by atoms with Crippen LogP contribution in [-0.4, -0.2) is 11.8 Å². The number of nitrogens with one attached hydrogen (secondary N) is 1. The summed E-state index contributed by atoms with van der Waals surface area (Å²) in [5, 5.41) is 2.65. The molecule has 2 amide bonds. The van der Waals surface area contributed by atoms with Gasteiger partial charge >= 0.3 is 0 Å². The average molecular weight is 280 g/mol. The van der Waals surface area contributed by atoms with Gasteiger partial charge in [-0.15, -0.1) is 0 Å². The lowest BCUT2D eigenvalue weighted by molar-refractivity contribution is -0.111. The van der Waals surface area contributed by atoms with Crippen molar-refractivity contribution < 1.29 is 9.59 Å². The van der Waals surface area contributed by atoms with Crippen molar-refractivity contribution in [2.45, 2.75) is 6.92 Å². The Morgan fingerprint density at radius 1 is 1.05 bits per heavy atom. The van der Waals surface area contributed by atoms with E-state index in [2.05, 4.69) is 5.32 Å². The molecule has 0 radical (unpaired) electrons. The first-order valence-electron chi connectivity index (χ1n) is 6.51. The second kappa shape index (κ2) is 6.52. The zero-order valence-corrected chi connectivity index (χ0v) is 11.7. The van der Waals surface area contributed by atoms with E-state index >= 15 is 0 Å². The molecule has 0 unspecified atom stereocenters. The normalized spacial score (nSPS) is 10.5. The maximum atomic E-state index is 11.9. The molecule has 0 aliphatic heterocycles. The van der Waals surface area contributed by atoms with Gasteiger partial charge in [0.25, 0.3) is 5.91 Å². The minimum Gasteiger partial charge on any atom is -0.366 e. The molecule has 0 aliphatic carbocycles. The van der Waals surface area contributed by atoms with Crippen LogP contribution >= 0.6 is 0 Å². The van der Waals surface area contributed by atoms with Gasteiger partial charge in [0.2, 0.25) is 5.91 Å². The van der Waals surface area contributed by atoms with Gasteiger partial charge in [0, 0.05) is 6.08 Å². The Labute approximate surface area is 123 Å². The van der Waals surface area contributed by atoms with Crippen molar-refractivity contribution in [1.82, 2.24) is 0 Å². The molecule has 0 saturated carbocycles. The lowest BCUT2D eigenvalue weighted by atomic mass is 10.1. The van der Waals surface area contributed by atoms with E-state index in [4.69, 9.17) is 5.73 Å². The van der Waals surface area contributed by atoms with Gasteiger partial charge in [-0.1, -0.05) is 42.0 Å². The summed E-state index contributed by atoms with van der Waals surface area (Å²) in [6.07, 6.45) is 3.13. The number of hydrogen-bond acceptors (Lipinski definition) is 2. The topological polar surface area (TPSA) is 72.2 Å². The number of anilines is 1. The van der Waals surface area contributed by atoms with Gasteiger partial charge in [-0.2, -0.15) is 0 Å². The van der Waals surface area contributed by atoms with Crippen LogP contribution in [0.15, 0.2) is 54.6 Å². The van der Waals surface area contributed by atoms with Gasteiger partial charge < -0.3 is 11.1 Å². The van der Waals surface area contributed by atoms with Crippen LogP contribution in [0.25, 0.3) is 6.08 Å². The summed E-state index contributed by atoms with van der Waals surface area (Å²) < 4.78 is 0. The molecular formula is C17H16N2O2. The van der Waals surface area contributed by atoms with Crippen LogP contribution in [0.1, 0.15) is 21.5 Å². The third kappa shape index (κ3) is 4.04. The highest BCUT2D eigenvalue weighted by molar-refractivity contribution is 6.07. The van der Waals surface area contributed by atoms with Crippen molar-refractivity contribution in [3.63, 3.8) is 0 Å². The zero-order valence-electron chi connectivity index (χ0n) is 11.7. The third-order valence-corrected chi connectivity index (χ3v) is 2.95. The average Bonchev–Trinajstić information content (AvgIpc) is 2.47. The number of carbonyl (C=O) groups is 2. The summed E-state index contributed by atoms with van der Waals surface area (Å²) >= 11 is 0. The minimum atomic E-state index is -0.576. The highest BCUT2D eigenvalue weighted by atomic mass is 16.2. The largest absolute Gasteiger partial charge is 0.366 e. The fraction of sp³-hybridized carbons (Fsp3) is 0.0588. The number of amides is 2. The van der Waals surface area contributed by atoms with Gasteiger partial charge in [0.1, 0.15) is 0 Å². The molecule has 2 rings (SSSR count). The lowest BCUT2D eigenvalue weighted by Gasteiger charge is -2.06. The first-order chi connectivity index (χ1) is 10.1. The van der Waals surface area contributed by atoms with Gasteiger partial charge in [-0.25, -0.2) is 0 Å². The second-order valence-electron chi connectivity index (χ2n) is 4.64. The molecule has 0 heterocycles. The van der Waals surface area contributed by atoms with Crippen molar-refractivity contribution in [1.29, 1.82) is 0 Å². The highest BCUT2D eigenvalue weighted by Crippen LogP contribution is 2.14. The van der Waals surface area contributed by atoms with Crippen LogP contribution in [0.3, 0.4) is 0 Å². The Hall–Kier alpha value is -2.88. The molecule has 21 heavy (non-hydrogen) atoms. The number of aryl methyl sites for hydroxylation is 1. The quantitative estimate of drug-likeness (QED) is 0.845. The first-order valence-corrected chi connectivity index (χ1v) is 6.51. The Morgan fingerprint density at radius 2 is 1.71 bits per heavy atom. The van der Waals surface area contributed by atoms with Gasteiger partial charge in [0.15, 0.2) is 0 Å². The molecule has 0 spiro atoms. The second-order valence-corrected chi connectivity index (χ2v) is 4.64. The third-order valence-electron chi connectivity index (χ3n) is 2.95. The van der Waals surface area contributed by atoms with Crippen LogP contribution in [0.2, 0.25) is 0 Å². The van der Waals surface area contributed by atoms with Crippen LogP contribution in [0.5, 0.6) is 0 Å². The molecule has 4 heteroatoms. The standard InChI is InChI=1S/C17H16N2O2/c1-12-6-8-13(9-7-12)10-11-16(20)19-15-5-3-2-4-14(15)17(18)21/h2-11H,1H3,(H2,18,21)(H,19,20)/b11-10+. The number of para-hydroxylation sites is 1. The molecule has 0 saturated heterocycles. The number of rotatable bonds is 4. The molecule has 2 aromatic rings. The molecule has 0 fully saturated rings. The molecule has 0 aliphatic rings. The Morgan fingerprint density at radius 3 is 2.38 bits per heavy atom. The van der Waals surface area contributed by atoms with E-state index < -0.39 is 5.91 Å². The summed E-state index contributed by atoms with van der Waals surface area (Å²) in [6.45, 7) is 2.00. The molecule has 0 bridgehead atoms. The minimum absolute atomic E-state index is 0.287. The monoisotopic (exact) mass is 280 g/mol. The predicted molar refractivity (Wildman–Crippen MR) is 83.8 cm³/mol.